The van der Waals surface area contributed by atoms with E-state index in [1.165, 1.54) is 26.0 Å². The summed E-state index contributed by atoms with van der Waals surface area (Å²) in [4.78, 5) is 39.5. The van der Waals surface area contributed by atoms with E-state index in [4.69, 9.17) is 4.74 Å². The summed E-state index contributed by atoms with van der Waals surface area (Å²) in [6, 6.07) is 9.49. The van der Waals surface area contributed by atoms with Crippen molar-refractivity contribution in [1.29, 1.82) is 0 Å². The second-order valence-corrected chi connectivity index (χ2v) is 11.0. The summed E-state index contributed by atoms with van der Waals surface area (Å²) in [5, 5.41) is 25.7. The highest BCUT2D eigenvalue weighted by atomic mass is 16.5. The van der Waals surface area contributed by atoms with Crippen LogP contribution in [-0.4, -0.2) is 51.7 Å². The molecule has 1 spiro atoms. The molecule has 1 aromatic carbocycles. The Morgan fingerprint density at radius 3 is 2.51 bits per heavy atom. The molecule has 0 unspecified atom stereocenters. The second-order valence-electron chi connectivity index (χ2n) is 11.0. The highest BCUT2D eigenvalue weighted by Gasteiger charge is 2.68. The van der Waals surface area contributed by atoms with Gasteiger partial charge in [-0.3, -0.25) is 14.4 Å². The Labute approximate surface area is 218 Å². The lowest BCUT2D eigenvalue weighted by Gasteiger charge is -2.52. The fraction of sp³-hybridized carbons (Fsp3) is 0.500. The largest absolute Gasteiger partial charge is 0.457 e. The molecule has 1 aromatic rings. The first-order chi connectivity index (χ1) is 17.4. The molecule has 0 bridgehead atoms. The first kappa shape index (κ1) is 27.0. The Morgan fingerprint density at radius 2 is 1.86 bits per heavy atom. The number of hydrogen-bond acceptors (Lipinski definition) is 6. The zero-order chi connectivity index (χ0) is 27.1. The first-order valence-corrected chi connectivity index (χ1v) is 12.9. The molecule has 1 aliphatic heterocycles. The molecule has 4 rings (SSSR count). The van der Waals surface area contributed by atoms with Gasteiger partial charge in [-0.05, 0) is 49.0 Å². The van der Waals surface area contributed by atoms with E-state index in [0.29, 0.717) is 18.4 Å². The van der Waals surface area contributed by atoms with E-state index in [0.717, 1.165) is 5.56 Å². The van der Waals surface area contributed by atoms with Gasteiger partial charge in [-0.2, -0.15) is 0 Å². The zero-order valence-electron chi connectivity index (χ0n) is 21.9. The number of rotatable bonds is 3. The van der Waals surface area contributed by atoms with E-state index in [2.05, 4.69) is 11.9 Å². The van der Waals surface area contributed by atoms with Crippen LogP contribution in [0.2, 0.25) is 0 Å². The Bertz CT molecular complexity index is 1140. The number of hydrogen-bond donors (Lipinski definition) is 3. The van der Waals surface area contributed by atoms with Crippen molar-refractivity contribution < 1.29 is 29.3 Å². The number of carbonyl (C=O) groups is 3. The van der Waals surface area contributed by atoms with Crippen LogP contribution in [0.4, 0.5) is 0 Å². The van der Waals surface area contributed by atoms with E-state index in [9.17, 15) is 24.6 Å². The fourth-order valence-corrected chi connectivity index (χ4v) is 6.68. The third kappa shape index (κ3) is 4.59. The number of benzene rings is 1. The number of Topliss-reactive ketones (excluding diaryl/α,β-unsaturated/α-hetero) is 1. The number of amides is 1. The van der Waals surface area contributed by atoms with Gasteiger partial charge in [0.2, 0.25) is 5.91 Å². The molecule has 0 radical (unpaired) electrons. The number of aliphatic hydroxyl groups excluding tert-OH is 1. The number of ether oxygens (including phenoxy) is 1. The maximum atomic E-state index is 14.2. The van der Waals surface area contributed by atoms with E-state index in [1.807, 2.05) is 37.3 Å². The summed E-state index contributed by atoms with van der Waals surface area (Å²) in [5.74, 6) is -3.26. The van der Waals surface area contributed by atoms with Gasteiger partial charge < -0.3 is 20.3 Å². The minimum atomic E-state index is -1.82. The lowest BCUT2D eigenvalue weighted by atomic mass is 9.51. The van der Waals surface area contributed by atoms with E-state index in [-0.39, 0.29) is 23.7 Å². The van der Waals surface area contributed by atoms with Crippen LogP contribution >= 0.6 is 0 Å². The summed E-state index contributed by atoms with van der Waals surface area (Å²) >= 11 is 0. The predicted octanol–water partition coefficient (Wildman–Crippen LogP) is 2.92. The lowest BCUT2D eigenvalue weighted by Crippen LogP contribution is -2.60. The molecule has 37 heavy (non-hydrogen) atoms. The van der Waals surface area contributed by atoms with Crippen molar-refractivity contribution in [2.75, 3.05) is 0 Å². The number of aliphatic hydroxyl groups is 2. The van der Waals surface area contributed by atoms with Crippen molar-refractivity contribution >= 4 is 17.7 Å². The van der Waals surface area contributed by atoms with Crippen molar-refractivity contribution in [3.05, 3.63) is 72.4 Å². The van der Waals surface area contributed by atoms with E-state index in [1.54, 1.807) is 19.1 Å². The Morgan fingerprint density at radius 1 is 1.19 bits per heavy atom. The smallest absolute Gasteiger partial charge is 0.303 e. The summed E-state index contributed by atoms with van der Waals surface area (Å²) in [7, 11) is 0. The van der Waals surface area contributed by atoms with Gasteiger partial charge in [0.1, 0.15) is 17.1 Å². The number of carbonyl (C=O) groups excluding carboxylic acids is 3. The van der Waals surface area contributed by atoms with Gasteiger partial charge in [-0.15, -0.1) is 0 Å². The molecule has 198 valence electrons. The van der Waals surface area contributed by atoms with Gasteiger partial charge in [0.25, 0.3) is 0 Å². The normalized spacial score (nSPS) is 41.6. The van der Waals surface area contributed by atoms with Crippen LogP contribution in [0.15, 0.2) is 66.8 Å². The van der Waals surface area contributed by atoms with Crippen molar-refractivity contribution in [2.24, 2.45) is 29.1 Å². The summed E-state index contributed by atoms with van der Waals surface area (Å²) < 4.78 is 5.81. The number of nitrogens with one attached hydrogen (secondary N) is 1. The van der Waals surface area contributed by atoms with Gasteiger partial charge in [0.15, 0.2) is 5.78 Å². The second kappa shape index (κ2) is 10.0. The molecule has 2 aliphatic carbocycles. The van der Waals surface area contributed by atoms with Gasteiger partial charge in [-0.25, -0.2) is 0 Å². The quantitative estimate of drug-likeness (QED) is 0.428. The third-order valence-electron chi connectivity index (χ3n) is 8.53. The highest BCUT2D eigenvalue weighted by molar-refractivity contribution is 5.91. The monoisotopic (exact) mass is 507 g/mol. The molecule has 1 saturated heterocycles. The molecule has 3 N–H and O–H groups in total. The molecule has 7 heteroatoms. The van der Waals surface area contributed by atoms with Crippen LogP contribution in [0.5, 0.6) is 0 Å². The molecule has 1 amide bonds. The highest BCUT2D eigenvalue weighted by Crippen LogP contribution is 2.58. The first-order valence-electron chi connectivity index (χ1n) is 12.9. The number of allylic oxidation sites excluding steroid dienone is 1. The Hall–Kier alpha value is -3.03. The molecule has 9 atom stereocenters. The SMILES string of the molecule is C=C1[C@@H](C)[C@H]2[C@H](Cc3ccccc3)NC(=O)[C@]23[C@H](OC(C)=O)/C=C\[C@](C)(O)C(=O)[C@@H](C)C/C=C\[C@H]3[C@@H]1O. The van der Waals surface area contributed by atoms with Crippen molar-refractivity contribution in [3.8, 4) is 0 Å². The predicted molar refractivity (Wildman–Crippen MR) is 139 cm³/mol. The number of esters is 1. The fourth-order valence-electron chi connectivity index (χ4n) is 6.68. The molecule has 7 nitrogen and oxygen atoms in total. The minimum Gasteiger partial charge on any atom is -0.457 e. The molecule has 3 aliphatic rings. The third-order valence-corrected chi connectivity index (χ3v) is 8.53. The van der Waals surface area contributed by atoms with Crippen molar-refractivity contribution in [2.45, 2.75) is 64.4 Å². The molecule has 1 heterocycles. The summed E-state index contributed by atoms with van der Waals surface area (Å²) in [6.45, 7) is 10.5. The van der Waals surface area contributed by atoms with Crippen molar-refractivity contribution in [3.63, 3.8) is 0 Å². The van der Waals surface area contributed by atoms with Crippen molar-refractivity contribution in [1.82, 2.24) is 5.32 Å². The van der Waals surface area contributed by atoms with Crippen LogP contribution in [-0.2, 0) is 25.5 Å². The van der Waals surface area contributed by atoms with Crippen LogP contribution in [0, 0.1) is 29.1 Å². The molecular weight excluding hydrogens is 470 g/mol. The van der Waals surface area contributed by atoms with Gasteiger partial charge in [0, 0.05) is 30.7 Å². The average Bonchev–Trinajstić information content (AvgIpc) is 3.13. The van der Waals surface area contributed by atoms with Crippen LogP contribution in [0.3, 0.4) is 0 Å². The minimum absolute atomic E-state index is 0.287. The van der Waals surface area contributed by atoms with E-state index >= 15 is 0 Å². The molecule has 2 fully saturated rings. The lowest BCUT2D eigenvalue weighted by molar-refractivity contribution is -0.166. The zero-order valence-corrected chi connectivity index (χ0v) is 21.9. The summed E-state index contributed by atoms with van der Waals surface area (Å²) in [5.41, 5.74) is -1.55. The maximum absolute atomic E-state index is 14.2. The van der Waals surface area contributed by atoms with Crippen LogP contribution in [0.1, 0.15) is 39.7 Å². The van der Waals surface area contributed by atoms with Gasteiger partial charge >= 0.3 is 5.97 Å². The number of ketones is 1. The van der Waals surface area contributed by atoms with Crippen LogP contribution in [0.25, 0.3) is 0 Å². The molecular formula is C30H37NO6. The summed E-state index contributed by atoms with van der Waals surface area (Å²) in [6.07, 6.45) is 5.01. The average molecular weight is 508 g/mol. The van der Waals surface area contributed by atoms with Gasteiger partial charge in [-0.1, -0.05) is 62.9 Å². The van der Waals surface area contributed by atoms with E-state index < -0.39 is 46.9 Å². The van der Waals surface area contributed by atoms with Gasteiger partial charge in [0.05, 0.1) is 6.10 Å². The maximum Gasteiger partial charge on any atom is 0.303 e. The Balaban J connectivity index is 1.94. The Kier molecular flexibility index (Phi) is 7.32. The van der Waals surface area contributed by atoms with Crippen LogP contribution < -0.4 is 5.32 Å². The molecule has 1 saturated carbocycles. The standard InChI is InChI=1S/C30H37NO6/c1-17-10-9-13-22-26(33)19(3)18(2)25-23(16-21-11-7-6-8-12-21)31-28(35)30(22,25)24(37-20(4)32)14-15-29(5,36)27(17)34/h6-9,11-15,17-18,22-26,33,36H,3,10,16H2,1-2,4-5H3,(H,31,35)/b13-9-,15-14-/t17-,18+,22-,23-,24+,25-,26+,29-,30+/m0/s1. The topological polar surface area (TPSA) is 113 Å². The molecule has 0 aromatic heterocycles.